The molecule has 0 unspecified atom stereocenters. The van der Waals surface area contributed by atoms with Crippen molar-refractivity contribution in [2.24, 2.45) is 0 Å². The van der Waals surface area contributed by atoms with Gasteiger partial charge in [-0.1, -0.05) is 42.5 Å². The summed E-state index contributed by atoms with van der Waals surface area (Å²) < 4.78 is 0. The molecule has 0 fully saturated rings. The third-order valence-electron chi connectivity index (χ3n) is 5.87. The average Bonchev–Trinajstić information content (AvgIpc) is 3.25. The second-order valence-corrected chi connectivity index (χ2v) is 7.32. The first kappa shape index (κ1) is 14.6. The summed E-state index contributed by atoms with van der Waals surface area (Å²) in [5.41, 5.74) is 9.68. The molecule has 126 valence electrons. The molecule has 0 radical (unpaired) electrons. The number of aromatic amines is 1. The number of hydrogen-bond donors (Lipinski definition) is 1. The van der Waals surface area contributed by atoms with Gasteiger partial charge in [-0.2, -0.15) is 5.26 Å². The van der Waals surface area contributed by atoms with Crippen LogP contribution in [0, 0.1) is 11.3 Å². The van der Waals surface area contributed by atoms with Crippen LogP contribution in [0.25, 0.3) is 44.8 Å². The van der Waals surface area contributed by atoms with Crippen molar-refractivity contribution in [3.63, 3.8) is 0 Å². The molecule has 0 saturated carbocycles. The zero-order chi connectivity index (χ0) is 18.0. The van der Waals surface area contributed by atoms with Crippen LogP contribution in [0.15, 0.2) is 60.7 Å². The molecular formula is C25H16N2. The minimum Gasteiger partial charge on any atom is -0.354 e. The Hall–Kier alpha value is -3.57. The molecule has 2 heteroatoms. The molecule has 3 aromatic carbocycles. The monoisotopic (exact) mass is 344 g/mol. The predicted molar refractivity (Wildman–Crippen MR) is 109 cm³/mol. The maximum absolute atomic E-state index is 9.03. The normalized spacial score (nSPS) is 13.8. The fourth-order valence-corrected chi connectivity index (χ4v) is 4.65. The summed E-state index contributed by atoms with van der Waals surface area (Å²) in [5.74, 6) is 0. The first-order valence-electron chi connectivity index (χ1n) is 9.33. The third kappa shape index (κ3) is 1.94. The topological polar surface area (TPSA) is 39.6 Å². The summed E-state index contributed by atoms with van der Waals surface area (Å²) in [6, 6.07) is 23.3. The van der Waals surface area contributed by atoms with Crippen molar-refractivity contribution in [1.29, 1.82) is 5.26 Å². The lowest BCUT2D eigenvalue weighted by atomic mass is 9.98. The van der Waals surface area contributed by atoms with E-state index in [-0.39, 0.29) is 0 Å². The largest absolute Gasteiger partial charge is 0.354 e. The molecule has 0 spiro atoms. The molecule has 0 amide bonds. The quantitative estimate of drug-likeness (QED) is 0.544. The Morgan fingerprint density at radius 2 is 1.78 bits per heavy atom. The Bertz CT molecular complexity index is 1410. The lowest BCUT2D eigenvalue weighted by Gasteiger charge is -2.06. The Morgan fingerprint density at radius 1 is 0.926 bits per heavy atom. The van der Waals surface area contributed by atoms with Crippen LogP contribution in [0.5, 0.6) is 0 Å². The summed E-state index contributed by atoms with van der Waals surface area (Å²) in [5, 5.41) is 13.1. The van der Waals surface area contributed by atoms with E-state index in [1.165, 1.54) is 49.3 Å². The van der Waals surface area contributed by atoms with Crippen molar-refractivity contribution in [1.82, 2.24) is 4.98 Å². The van der Waals surface area contributed by atoms with E-state index in [2.05, 4.69) is 53.5 Å². The van der Waals surface area contributed by atoms with E-state index in [9.17, 15) is 0 Å². The third-order valence-corrected chi connectivity index (χ3v) is 5.87. The molecule has 27 heavy (non-hydrogen) atoms. The lowest BCUT2D eigenvalue weighted by molar-refractivity contribution is 1.08. The number of rotatable bonds is 1. The summed E-state index contributed by atoms with van der Waals surface area (Å²) in [7, 11) is 0. The van der Waals surface area contributed by atoms with Crippen molar-refractivity contribution in [3.8, 4) is 28.3 Å². The van der Waals surface area contributed by atoms with E-state index >= 15 is 0 Å². The Balaban J connectivity index is 1.61. The van der Waals surface area contributed by atoms with Crippen LogP contribution in [0.3, 0.4) is 0 Å². The second kappa shape index (κ2) is 5.22. The molecule has 1 N–H and O–H groups in total. The van der Waals surface area contributed by atoms with Crippen LogP contribution in [-0.4, -0.2) is 4.98 Å². The molecule has 2 aliphatic rings. The molecule has 2 nitrogen and oxygen atoms in total. The van der Waals surface area contributed by atoms with Crippen LogP contribution in [0.4, 0.5) is 0 Å². The molecule has 0 saturated heterocycles. The van der Waals surface area contributed by atoms with Gasteiger partial charge < -0.3 is 4.98 Å². The first-order valence-corrected chi connectivity index (χ1v) is 9.33. The van der Waals surface area contributed by atoms with Crippen LogP contribution in [-0.2, 0) is 0 Å². The summed E-state index contributed by atoms with van der Waals surface area (Å²) in [6.45, 7) is 0. The van der Waals surface area contributed by atoms with E-state index in [0.29, 0.717) is 5.56 Å². The highest BCUT2D eigenvalue weighted by atomic mass is 14.7. The number of fused-ring (bicyclic) bond motifs is 5. The maximum Gasteiger partial charge on any atom is 0.0991 e. The summed E-state index contributed by atoms with van der Waals surface area (Å²) in [4.78, 5) is 3.69. The highest BCUT2D eigenvalue weighted by Crippen LogP contribution is 2.40. The molecular weight excluding hydrogens is 328 g/mol. The number of H-pyrrole nitrogens is 1. The fraction of sp³-hybridized carbons (Fsp3) is 0.0800. The zero-order valence-electron chi connectivity index (χ0n) is 14.7. The van der Waals surface area contributed by atoms with Gasteiger partial charge >= 0.3 is 0 Å². The number of nitrogens with one attached hydrogen (secondary N) is 1. The van der Waals surface area contributed by atoms with Crippen molar-refractivity contribution < 1.29 is 0 Å². The van der Waals surface area contributed by atoms with Crippen molar-refractivity contribution in [2.45, 2.75) is 12.8 Å². The Kier molecular flexibility index (Phi) is 2.82. The van der Waals surface area contributed by atoms with Crippen LogP contribution in [0.1, 0.15) is 24.1 Å². The van der Waals surface area contributed by atoms with E-state index in [0.717, 1.165) is 18.4 Å². The molecule has 0 aliphatic heterocycles. The van der Waals surface area contributed by atoms with Gasteiger partial charge in [-0.15, -0.1) is 0 Å². The van der Waals surface area contributed by atoms with Crippen LogP contribution >= 0.6 is 0 Å². The molecule has 2 aliphatic carbocycles. The van der Waals surface area contributed by atoms with Gasteiger partial charge in [0.25, 0.3) is 0 Å². The number of nitrogens with zero attached hydrogens (tertiary/aromatic N) is 1. The van der Waals surface area contributed by atoms with Gasteiger partial charge in [-0.05, 0) is 69.8 Å². The molecule has 1 heterocycles. The number of benzene rings is 3. The standard InChI is InChI=1S/C25H16N2/c26-14-15-7-9-16(10-8-15)18-11-12-22-21(13-18)24-19-5-1-3-17-4-2-6-20(23(17)19)25(24)27-22/h1,3-5,7-13,27H,2,6H2. The summed E-state index contributed by atoms with van der Waals surface area (Å²) in [6.07, 6.45) is 4.57. The first-order chi connectivity index (χ1) is 13.3. The van der Waals surface area contributed by atoms with Gasteiger partial charge in [0, 0.05) is 16.5 Å². The molecule has 0 bridgehead atoms. The molecule has 4 aromatic rings. The average molecular weight is 344 g/mol. The number of nitriles is 1. The number of hydrogen-bond acceptors (Lipinski definition) is 1. The van der Waals surface area contributed by atoms with Gasteiger partial charge in [-0.3, -0.25) is 0 Å². The fourth-order valence-electron chi connectivity index (χ4n) is 4.65. The predicted octanol–water partition coefficient (Wildman–Crippen LogP) is 4.46. The highest BCUT2D eigenvalue weighted by molar-refractivity contribution is 6.06. The van der Waals surface area contributed by atoms with Gasteiger partial charge in [-0.25, -0.2) is 0 Å². The van der Waals surface area contributed by atoms with E-state index in [1.54, 1.807) is 0 Å². The molecule has 0 atom stereocenters. The van der Waals surface area contributed by atoms with Crippen LogP contribution < -0.4 is 10.4 Å². The van der Waals surface area contributed by atoms with Gasteiger partial charge in [0.1, 0.15) is 0 Å². The Morgan fingerprint density at radius 3 is 2.63 bits per heavy atom. The second-order valence-electron chi connectivity index (χ2n) is 7.32. The van der Waals surface area contributed by atoms with E-state index in [1.807, 2.05) is 24.3 Å². The molecule has 1 aromatic heterocycles. The molecule has 6 rings (SSSR count). The smallest absolute Gasteiger partial charge is 0.0991 e. The SMILES string of the molecule is N#Cc1ccc(-c2ccc3[nH]c4c(c3c2)-c2cccc3c2=C4CCC=3)cc1. The zero-order valence-corrected chi connectivity index (χ0v) is 14.7. The van der Waals surface area contributed by atoms with Gasteiger partial charge in [0.15, 0.2) is 0 Å². The van der Waals surface area contributed by atoms with Crippen molar-refractivity contribution in [3.05, 3.63) is 82.4 Å². The minimum atomic E-state index is 0.692. The van der Waals surface area contributed by atoms with Gasteiger partial charge in [0.2, 0.25) is 0 Å². The summed E-state index contributed by atoms with van der Waals surface area (Å²) >= 11 is 0. The maximum atomic E-state index is 9.03. The highest BCUT2D eigenvalue weighted by Gasteiger charge is 2.25. The van der Waals surface area contributed by atoms with Crippen LogP contribution in [0.2, 0.25) is 0 Å². The minimum absolute atomic E-state index is 0.692. The van der Waals surface area contributed by atoms with Crippen molar-refractivity contribution in [2.75, 3.05) is 0 Å². The lowest BCUT2D eigenvalue weighted by Crippen LogP contribution is -2.29. The Labute approximate surface area is 156 Å². The van der Waals surface area contributed by atoms with E-state index in [4.69, 9.17) is 5.26 Å². The van der Waals surface area contributed by atoms with E-state index < -0.39 is 0 Å². The van der Waals surface area contributed by atoms with Crippen molar-refractivity contribution >= 4 is 22.6 Å². The van der Waals surface area contributed by atoms with Gasteiger partial charge in [0.05, 0.1) is 17.3 Å². The number of aromatic nitrogens is 1.